The van der Waals surface area contributed by atoms with E-state index in [4.69, 9.17) is 23.2 Å². The van der Waals surface area contributed by atoms with Crippen molar-refractivity contribution in [3.8, 4) is 0 Å². The number of halogens is 5. The van der Waals surface area contributed by atoms with E-state index >= 15 is 0 Å². The summed E-state index contributed by atoms with van der Waals surface area (Å²) in [5.74, 6) is -5.68. The molecule has 12 heteroatoms. The summed E-state index contributed by atoms with van der Waals surface area (Å²) in [5.41, 5.74) is -0.487. The number of nitrogens with one attached hydrogen (secondary N) is 2. The van der Waals surface area contributed by atoms with Gasteiger partial charge in [0.15, 0.2) is 11.6 Å². The summed E-state index contributed by atoms with van der Waals surface area (Å²) in [4.78, 5) is 20.0. The van der Waals surface area contributed by atoms with Crippen LogP contribution in [-0.4, -0.2) is 27.6 Å². The zero-order chi connectivity index (χ0) is 23.3. The first-order valence-corrected chi connectivity index (χ1v) is 9.95. The van der Waals surface area contributed by atoms with Gasteiger partial charge in [-0.3, -0.25) is 15.0 Å². The van der Waals surface area contributed by atoms with Crippen molar-refractivity contribution in [3.63, 3.8) is 0 Å². The largest absolute Gasteiger partial charge is 0.361 e. The van der Waals surface area contributed by atoms with Gasteiger partial charge in [-0.15, -0.1) is 0 Å². The Morgan fingerprint density at radius 1 is 1.16 bits per heavy atom. The minimum absolute atomic E-state index is 0.0123. The highest BCUT2D eigenvalue weighted by Gasteiger charge is 2.41. The van der Waals surface area contributed by atoms with E-state index in [9.17, 15) is 23.2 Å². The summed E-state index contributed by atoms with van der Waals surface area (Å²) in [7, 11) is 0. The highest BCUT2D eigenvalue weighted by molar-refractivity contribution is 6.31. The van der Waals surface area contributed by atoms with Crippen LogP contribution in [0.5, 0.6) is 0 Å². The third-order valence-corrected chi connectivity index (χ3v) is 5.05. The smallest absolute Gasteiger partial charge is 0.351 e. The maximum Gasteiger partial charge on any atom is 0.351 e. The van der Waals surface area contributed by atoms with Crippen LogP contribution in [-0.2, 0) is 23.7 Å². The standard InChI is InChI=1S/C20H16Cl2F3N5O2/c21-13-4-3-6-26-15(13)10-27-17(31)8-12-14(22)9-28-19(18(12)23)29-11-20(24,25)16-5-1-2-7-30(16)32/h1-7,9H,8,10-11H2,(H2-,27,28,29,31,32)/p+1. The third kappa shape index (κ3) is 5.57. The molecule has 1 amide bonds. The Kier molecular flexibility index (Phi) is 7.37. The lowest BCUT2D eigenvalue weighted by Crippen LogP contribution is -2.43. The second-order valence-corrected chi connectivity index (χ2v) is 7.44. The predicted octanol–water partition coefficient (Wildman–Crippen LogP) is 3.51. The highest BCUT2D eigenvalue weighted by Crippen LogP contribution is 2.28. The zero-order valence-electron chi connectivity index (χ0n) is 16.3. The van der Waals surface area contributed by atoms with Crippen LogP contribution in [0.2, 0.25) is 10.0 Å². The van der Waals surface area contributed by atoms with Crippen molar-refractivity contribution in [1.29, 1.82) is 0 Å². The lowest BCUT2D eigenvalue weighted by Gasteiger charge is -2.15. The van der Waals surface area contributed by atoms with Crippen LogP contribution in [0.25, 0.3) is 0 Å². The molecule has 0 bridgehead atoms. The summed E-state index contributed by atoms with van der Waals surface area (Å²) in [6, 6.07) is 6.96. The number of rotatable bonds is 8. The van der Waals surface area contributed by atoms with Gasteiger partial charge in [0.25, 0.3) is 0 Å². The fourth-order valence-electron chi connectivity index (χ4n) is 2.75. The van der Waals surface area contributed by atoms with E-state index < -0.39 is 42.1 Å². The number of alkyl halides is 2. The van der Waals surface area contributed by atoms with E-state index in [2.05, 4.69) is 20.6 Å². The van der Waals surface area contributed by atoms with E-state index in [1.165, 1.54) is 18.3 Å². The van der Waals surface area contributed by atoms with Gasteiger partial charge in [-0.05, 0) is 18.2 Å². The van der Waals surface area contributed by atoms with E-state index in [-0.39, 0.29) is 21.9 Å². The molecule has 0 spiro atoms. The monoisotopic (exact) mass is 486 g/mol. The van der Waals surface area contributed by atoms with Crippen molar-refractivity contribution >= 4 is 34.9 Å². The van der Waals surface area contributed by atoms with Gasteiger partial charge in [0.05, 0.1) is 35.2 Å². The van der Waals surface area contributed by atoms with Crippen LogP contribution in [0.15, 0.2) is 48.9 Å². The first-order chi connectivity index (χ1) is 15.2. The molecule has 0 unspecified atom stereocenters. The first-order valence-electron chi connectivity index (χ1n) is 9.20. The van der Waals surface area contributed by atoms with Crippen LogP contribution in [0.3, 0.4) is 0 Å². The number of amides is 1. The quantitative estimate of drug-likeness (QED) is 0.334. The Morgan fingerprint density at radius 2 is 1.94 bits per heavy atom. The summed E-state index contributed by atoms with van der Waals surface area (Å²) in [6.07, 6.45) is 3.14. The third-order valence-electron chi connectivity index (χ3n) is 4.39. The fraction of sp³-hybridized carbons (Fsp3) is 0.200. The van der Waals surface area contributed by atoms with Gasteiger partial charge in [0.2, 0.25) is 12.1 Å². The van der Waals surface area contributed by atoms with Crippen LogP contribution in [0.1, 0.15) is 17.0 Å². The average molecular weight is 487 g/mol. The predicted molar refractivity (Wildman–Crippen MR) is 110 cm³/mol. The molecule has 32 heavy (non-hydrogen) atoms. The average Bonchev–Trinajstić information content (AvgIpc) is 2.75. The summed E-state index contributed by atoms with van der Waals surface area (Å²) >= 11 is 11.9. The van der Waals surface area contributed by atoms with Crippen molar-refractivity contribution in [2.24, 2.45) is 0 Å². The second-order valence-electron chi connectivity index (χ2n) is 6.62. The topological polar surface area (TPSA) is 91.0 Å². The number of nitrogens with zero attached hydrogens (tertiary/aromatic N) is 3. The maximum atomic E-state index is 14.9. The summed E-state index contributed by atoms with van der Waals surface area (Å²) < 4.78 is 44.0. The molecule has 3 rings (SSSR count). The minimum Gasteiger partial charge on any atom is -0.361 e. The van der Waals surface area contributed by atoms with E-state index in [1.54, 1.807) is 12.1 Å². The Labute approximate surface area is 190 Å². The van der Waals surface area contributed by atoms with E-state index in [0.717, 1.165) is 18.5 Å². The lowest BCUT2D eigenvalue weighted by atomic mass is 10.1. The van der Waals surface area contributed by atoms with Gasteiger partial charge < -0.3 is 10.6 Å². The van der Waals surface area contributed by atoms with Gasteiger partial charge in [-0.1, -0.05) is 23.2 Å². The number of carbonyl (C=O) groups excluding carboxylic acids is 1. The summed E-state index contributed by atoms with van der Waals surface area (Å²) in [5, 5.41) is 14.5. The number of carbonyl (C=O) groups is 1. The van der Waals surface area contributed by atoms with Gasteiger partial charge in [0, 0.05) is 34.8 Å². The number of hydrogen-bond donors (Lipinski definition) is 3. The molecule has 0 fully saturated rings. The fourth-order valence-corrected chi connectivity index (χ4v) is 3.14. The normalized spacial score (nSPS) is 11.3. The van der Waals surface area contributed by atoms with Gasteiger partial charge in [-0.25, -0.2) is 9.37 Å². The molecule has 0 atom stereocenters. The molecule has 0 aliphatic carbocycles. The molecular weight excluding hydrogens is 470 g/mol. The molecule has 7 nitrogen and oxygen atoms in total. The number of aromatic nitrogens is 3. The van der Waals surface area contributed by atoms with Gasteiger partial charge in [0.1, 0.15) is 0 Å². The van der Waals surface area contributed by atoms with Crippen LogP contribution >= 0.6 is 23.2 Å². The zero-order valence-corrected chi connectivity index (χ0v) is 17.8. The molecule has 0 saturated heterocycles. The molecule has 0 radical (unpaired) electrons. The maximum absolute atomic E-state index is 14.9. The number of anilines is 1. The Bertz CT molecular complexity index is 1130. The number of pyridine rings is 3. The number of hydrogen-bond acceptors (Lipinski definition) is 5. The molecule has 0 aliphatic heterocycles. The van der Waals surface area contributed by atoms with Crippen molar-refractivity contribution in [2.45, 2.75) is 18.9 Å². The highest BCUT2D eigenvalue weighted by atomic mass is 35.5. The molecular formula is C20H17Cl2F3N5O2+. The SMILES string of the molecule is O=C(Cc1c(Cl)cnc(NCC(F)(F)c2cccc[n+]2O)c1F)NCc1ncccc1Cl. The molecule has 3 aromatic heterocycles. The first kappa shape index (κ1) is 23.6. The molecule has 3 heterocycles. The minimum atomic E-state index is -3.55. The molecule has 0 aliphatic rings. The Hall–Kier alpha value is -3.11. The van der Waals surface area contributed by atoms with Crippen molar-refractivity contribution in [3.05, 3.63) is 81.7 Å². The Morgan fingerprint density at radius 3 is 2.66 bits per heavy atom. The molecule has 0 saturated carbocycles. The van der Waals surface area contributed by atoms with Crippen molar-refractivity contribution in [2.75, 3.05) is 11.9 Å². The Balaban J connectivity index is 1.69. The van der Waals surface area contributed by atoms with E-state index in [0.29, 0.717) is 10.7 Å². The van der Waals surface area contributed by atoms with Crippen molar-refractivity contribution < 1.29 is 27.9 Å². The lowest BCUT2D eigenvalue weighted by molar-refractivity contribution is -0.913. The van der Waals surface area contributed by atoms with E-state index in [1.807, 2.05) is 0 Å². The van der Waals surface area contributed by atoms with Crippen molar-refractivity contribution in [1.82, 2.24) is 15.3 Å². The van der Waals surface area contributed by atoms with Crippen LogP contribution in [0, 0.1) is 5.82 Å². The van der Waals surface area contributed by atoms with Crippen LogP contribution < -0.4 is 15.4 Å². The molecule has 0 aromatic carbocycles. The summed E-state index contributed by atoms with van der Waals surface area (Å²) in [6.45, 7) is -1.05. The van der Waals surface area contributed by atoms with Gasteiger partial charge in [-0.2, -0.15) is 8.78 Å². The molecule has 3 N–H and O–H groups in total. The van der Waals surface area contributed by atoms with Gasteiger partial charge >= 0.3 is 11.6 Å². The molecule has 168 valence electrons. The second kappa shape index (κ2) is 10.0. The molecule has 3 aromatic rings. The van der Waals surface area contributed by atoms with Crippen LogP contribution in [0.4, 0.5) is 19.0 Å².